The van der Waals surface area contributed by atoms with Crippen molar-refractivity contribution < 1.29 is 19.0 Å². The number of nitrogens with zero attached hydrogens (tertiary/aromatic N) is 1. The minimum absolute atomic E-state index is 0.214. The van der Waals surface area contributed by atoms with Crippen LogP contribution in [0.4, 0.5) is 0 Å². The van der Waals surface area contributed by atoms with Crippen LogP contribution in [0.3, 0.4) is 0 Å². The van der Waals surface area contributed by atoms with Crippen molar-refractivity contribution in [2.75, 3.05) is 20.3 Å². The van der Waals surface area contributed by atoms with Gasteiger partial charge in [0.1, 0.15) is 30.5 Å². The van der Waals surface area contributed by atoms with Gasteiger partial charge in [-0.15, -0.1) is 0 Å². The van der Waals surface area contributed by atoms with Crippen LogP contribution in [0, 0.1) is 0 Å². The van der Waals surface area contributed by atoms with Gasteiger partial charge in [-0.25, -0.2) is 5.43 Å². The Morgan fingerprint density at radius 3 is 2.33 bits per heavy atom. The molecule has 2 rings (SSSR count). The van der Waals surface area contributed by atoms with Crippen molar-refractivity contribution in [1.82, 2.24) is 5.43 Å². The monoisotopic (exact) mass is 328 g/mol. The minimum Gasteiger partial charge on any atom is -0.497 e. The lowest BCUT2D eigenvalue weighted by atomic mass is 10.2. The molecule has 0 aromatic heterocycles. The first-order valence-corrected chi connectivity index (χ1v) is 7.47. The molecule has 0 radical (unpaired) electrons. The van der Waals surface area contributed by atoms with Crippen LogP contribution < -0.4 is 19.6 Å². The molecule has 0 unspecified atom stereocenters. The van der Waals surface area contributed by atoms with E-state index >= 15 is 0 Å². The van der Waals surface area contributed by atoms with Crippen LogP contribution in [0.2, 0.25) is 0 Å². The summed E-state index contributed by atoms with van der Waals surface area (Å²) >= 11 is 0. The Kier molecular flexibility index (Phi) is 6.64. The second-order valence-electron chi connectivity index (χ2n) is 4.87. The Labute approximate surface area is 141 Å². The summed E-state index contributed by atoms with van der Waals surface area (Å²) in [7, 11) is 1.62. The van der Waals surface area contributed by atoms with E-state index in [-0.39, 0.29) is 5.91 Å². The van der Waals surface area contributed by atoms with Gasteiger partial charge in [-0.1, -0.05) is 18.2 Å². The van der Waals surface area contributed by atoms with Crippen molar-refractivity contribution in [3.63, 3.8) is 0 Å². The number of hydrazone groups is 1. The summed E-state index contributed by atoms with van der Waals surface area (Å²) in [6.45, 7) is 2.22. The molecule has 24 heavy (non-hydrogen) atoms. The van der Waals surface area contributed by atoms with Crippen LogP contribution in [0.25, 0.3) is 0 Å². The van der Waals surface area contributed by atoms with Gasteiger partial charge < -0.3 is 14.2 Å². The zero-order valence-corrected chi connectivity index (χ0v) is 13.7. The van der Waals surface area contributed by atoms with E-state index in [1.165, 1.54) is 6.92 Å². The second-order valence-corrected chi connectivity index (χ2v) is 4.87. The van der Waals surface area contributed by atoms with Crippen molar-refractivity contribution in [3.05, 3.63) is 54.1 Å². The third-order valence-electron chi connectivity index (χ3n) is 2.96. The number of rotatable bonds is 8. The number of hydrogen-bond donors (Lipinski definition) is 1. The molecule has 0 aliphatic heterocycles. The fourth-order valence-electron chi connectivity index (χ4n) is 1.89. The van der Waals surface area contributed by atoms with Gasteiger partial charge in [0.2, 0.25) is 5.91 Å². The topological polar surface area (TPSA) is 69.2 Å². The molecule has 1 N–H and O–H groups in total. The number of carbonyl (C=O) groups is 1. The first kappa shape index (κ1) is 17.3. The van der Waals surface area contributed by atoms with E-state index in [4.69, 9.17) is 14.2 Å². The molecule has 0 fully saturated rings. The Morgan fingerprint density at radius 1 is 1.04 bits per heavy atom. The Hall–Kier alpha value is -3.02. The van der Waals surface area contributed by atoms with E-state index in [1.807, 2.05) is 48.5 Å². The molecule has 2 aromatic rings. The summed E-state index contributed by atoms with van der Waals surface area (Å²) < 4.78 is 16.4. The smallest absolute Gasteiger partial charge is 0.236 e. The average molecular weight is 328 g/mol. The Morgan fingerprint density at radius 2 is 1.67 bits per heavy atom. The summed E-state index contributed by atoms with van der Waals surface area (Å²) in [6, 6.07) is 14.8. The van der Waals surface area contributed by atoms with Crippen molar-refractivity contribution in [3.8, 4) is 17.2 Å². The van der Waals surface area contributed by atoms with E-state index in [0.717, 1.165) is 17.1 Å². The quantitative estimate of drug-likeness (QED) is 0.459. The molecule has 0 heterocycles. The number of benzene rings is 2. The highest BCUT2D eigenvalue weighted by Gasteiger charge is 1.99. The summed E-state index contributed by atoms with van der Waals surface area (Å²) in [5.41, 5.74) is 3.18. The van der Waals surface area contributed by atoms with Gasteiger partial charge in [0.05, 0.1) is 13.3 Å². The fraction of sp³-hybridized carbons (Fsp3) is 0.222. The molecule has 6 heteroatoms. The zero-order chi connectivity index (χ0) is 17.2. The molecule has 0 aliphatic rings. The SMILES string of the molecule is COc1cccc(OCCOc2cccc(/C=N\NC(C)=O)c2)c1. The first-order valence-electron chi connectivity index (χ1n) is 7.47. The fourth-order valence-corrected chi connectivity index (χ4v) is 1.89. The number of methoxy groups -OCH3 is 1. The summed E-state index contributed by atoms with van der Waals surface area (Å²) in [4.78, 5) is 10.8. The van der Waals surface area contributed by atoms with Gasteiger partial charge in [-0.2, -0.15) is 5.10 Å². The standard InChI is InChI=1S/C18H20N2O4/c1-14(21)20-19-13-15-5-3-7-17(11-15)23-9-10-24-18-8-4-6-16(12-18)22-2/h3-8,11-13H,9-10H2,1-2H3,(H,20,21)/b19-13-. The number of ether oxygens (including phenoxy) is 3. The summed E-state index contributed by atoms with van der Waals surface area (Å²) in [5, 5.41) is 3.82. The van der Waals surface area contributed by atoms with Crippen LogP contribution in [0.15, 0.2) is 53.6 Å². The molecule has 0 bridgehead atoms. The van der Waals surface area contributed by atoms with Crippen molar-refractivity contribution >= 4 is 12.1 Å². The van der Waals surface area contributed by atoms with Crippen LogP contribution in [-0.4, -0.2) is 32.4 Å². The number of amides is 1. The first-order chi connectivity index (χ1) is 11.7. The number of carbonyl (C=O) groups excluding carboxylic acids is 1. The lowest BCUT2D eigenvalue weighted by Gasteiger charge is -2.09. The van der Waals surface area contributed by atoms with Gasteiger partial charge in [-0.3, -0.25) is 4.79 Å². The molecule has 1 amide bonds. The van der Waals surface area contributed by atoms with Crippen molar-refractivity contribution in [1.29, 1.82) is 0 Å². The highest BCUT2D eigenvalue weighted by molar-refractivity contribution is 5.82. The highest BCUT2D eigenvalue weighted by Crippen LogP contribution is 2.18. The van der Waals surface area contributed by atoms with Gasteiger partial charge in [0.25, 0.3) is 0 Å². The van der Waals surface area contributed by atoms with E-state index in [0.29, 0.717) is 19.0 Å². The van der Waals surface area contributed by atoms with Crippen molar-refractivity contribution in [2.24, 2.45) is 5.10 Å². The van der Waals surface area contributed by atoms with E-state index in [2.05, 4.69) is 10.5 Å². The van der Waals surface area contributed by atoms with Gasteiger partial charge in [-0.05, 0) is 29.8 Å². The molecule has 0 aliphatic carbocycles. The Balaban J connectivity index is 1.79. The third kappa shape index (κ3) is 6.00. The van der Waals surface area contributed by atoms with Crippen LogP contribution in [0.5, 0.6) is 17.2 Å². The maximum atomic E-state index is 10.8. The van der Waals surface area contributed by atoms with E-state index < -0.39 is 0 Å². The lowest BCUT2D eigenvalue weighted by molar-refractivity contribution is -0.118. The molecular weight excluding hydrogens is 308 g/mol. The largest absolute Gasteiger partial charge is 0.497 e. The Bertz CT molecular complexity index is 701. The van der Waals surface area contributed by atoms with Gasteiger partial charge >= 0.3 is 0 Å². The highest BCUT2D eigenvalue weighted by atomic mass is 16.5. The predicted molar refractivity (Wildman–Crippen MR) is 91.8 cm³/mol. The number of nitrogens with one attached hydrogen (secondary N) is 1. The average Bonchev–Trinajstić information content (AvgIpc) is 2.59. The molecule has 0 saturated carbocycles. The predicted octanol–water partition coefficient (Wildman–Crippen LogP) is 2.62. The van der Waals surface area contributed by atoms with Crippen LogP contribution in [0.1, 0.15) is 12.5 Å². The van der Waals surface area contributed by atoms with Gasteiger partial charge in [0, 0.05) is 13.0 Å². The molecule has 2 aromatic carbocycles. The van der Waals surface area contributed by atoms with Gasteiger partial charge in [0.15, 0.2) is 0 Å². The zero-order valence-electron chi connectivity index (χ0n) is 13.7. The maximum absolute atomic E-state index is 10.8. The van der Waals surface area contributed by atoms with Crippen LogP contribution >= 0.6 is 0 Å². The second kappa shape index (κ2) is 9.19. The molecular formula is C18H20N2O4. The molecule has 0 saturated heterocycles. The molecule has 0 atom stereocenters. The molecule has 6 nitrogen and oxygen atoms in total. The van der Waals surface area contributed by atoms with E-state index in [9.17, 15) is 4.79 Å². The third-order valence-corrected chi connectivity index (χ3v) is 2.96. The van der Waals surface area contributed by atoms with Crippen molar-refractivity contribution in [2.45, 2.75) is 6.92 Å². The minimum atomic E-state index is -0.214. The lowest BCUT2D eigenvalue weighted by Crippen LogP contribution is -2.12. The summed E-state index contributed by atoms with van der Waals surface area (Å²) in [5.74, 6) is 1.97. The summed E-state index contributed by atoms with van der Waals surface area (Å²) in [6.07, 6.45) is 1.56. The number of hydrogen-bond acceptors (Lipinski definition) is 5. The molecule has 0 spiro atoms. The van der Waals surface area contributed by atoms with E-state index in [1.54, 1.807) is 13.3 Å². The maximum Gasteiger partial charge on any atom is 0.236 e. The van der Waals surface area contributed by atoms with Crippen LogP contribution in [-0.2, 0) is 4.79 Å². The molecule has 126 valence electrons. The normalized spacial score (nSPS) is 10.4.